The number of methoxy groups -OCH3 is 1. The van der Waals surface area contributed by atoms with Crippen molar-refractivity contribution >= 4 is 17.0 Å². The summed E-state index contributed by atoms with van der Waals surface area (Å²) < 4.78 is 18.9. The molecule has 0 spiro atoms. The first kappa shape index (κ1) is 13.8. The van der Waals surface area contributed by atoms with E-state index in [-0.39, 0.29) is 12.7 Å². The maximum atomic E-state index is 10.6. The van der Waals surface area contributed by atoms with E-state index in [0.717, 1.165) is 0 Å². The van der Waals surface area contributed by atoms with Gasteiger partial charge in [-0.25, -0.2) is 15.0 Å². The van der Waals surface area contributed by atoms with Crippen molar-refractivity contribution in [2.45, 2.75) is 37.1 Å². The molecular formula is C13H17N5O4. The van der Waals surface area contributed by atoms with Crippen LogP contribution >= 0.6 is 0 Å². The molecule has 2 fully saturated rings. The summed E-state index contributed by atoms with van der Waals surface area (Å²) in [6.07, 6.45) is 0.831. The summed E-state index contributed by atoms with van der Waals surface area (Å²) in [6, 6.07) is 0. The van der Waals surface area contributed by atoms with E-state index in [1.807, 2.05) is 6.92 Å². The number of nitrogens with zero attached hydrogens (tertiary/aromatic N) is 4. The highest BCUT2D eigenvalue weighted by molar-refractivity contribution is 5.81. The van der Waals surface area contributed by atoms with Crippen molar-refractivity contribution in [3.8, 4) is 0 Å². The molecule has 2 aliphatic heterocycles. The number of fused-ring (bicyclic) bond motifs is 3. The van der Waals surface area contributed by atoms with Gasteiger partial charge in [0.15, 0.2) is 17.7 Å². The van der Waals surface area contributed by atoms with E-state index >= 15 is 0 Å². The predicted molar refractivity (Wildman–Crippen MR) is 74.8 cm³/mol. The zero-order chi connectivity index (χ0) is 15.5. The molecule has 5 atom stereocenters. The lowest BCUT2D eigenvalue weighted by Gasteiger charge is -2.35. The van der Waals surface area contributed by atoms with E-state index in [4.69, 9.17) is 19.9 Å². The number of aliphatic hydroxyl groups is 1. The third-order valence-electron chi connectivity index (χ3n) is 4.51. The molecule has 3 N–H and O–H groups in total. The Bertz CT molecular complexity index is 722. The Labute approximate surface area is 126 Å². The third-order valence-corrected chi connectivity index (χ3v) is 4.51. The molecule has 2 aromatic rings. The van der Waals surface area contributed by atoms with Gasteiger partial charge in [0.25, 0.3) is 0 Å². The molecule has 4 heterocycles. The summed E-state index contributed by atoms with van der Waals surface area (Å²) in [5.41, 5.74) is 5.95. The van der Waals surface area contributed by atoms with Crippen molar-refractivity contribution in [3.63, 3.8) is 0 Å². The van der Waals surface area contributed by atoms with Gasteiger partial charge < -0.3 is 25.1 Å². The molecule has 9 heteroatoms. The minimum atomic E-state index is -0.890. The molecule has 2 aromatic heterocycles. The average Bonchev–Trinajstić information content (AvgIpc) is 3.10. The quantitative estimate of drug-likeness (QED) is 0.777. The monoisotopic (exact) mass is 307 g/mol. The third kappa shape index (κ3) is 1.59. The molecule has 4 rings (SSSR count). The second-order valence-corrected chi connectivity index (χ2v) is 5.67. The molecule has 2 bridgehead atoms. The molecule has 0 radical (unpaired) electrons. The van der Waals surface area contributed by atoms with Crippen LogP contribution in [0.3, 0.4) is 0 Å². The molecule has 0 aliphatic carbocycles. The number of ether oxygens (including phenoxy) is 3. The summed E-state index contributed by atoms with van der Waals surface area (Å²) in [6.45, 7) is 2.11. The number of hydrogen-bond acceptors (Lipinski definition) is 8. The Kier molecular flexibility index (Phi) is 2.89. The fourth-order valence-electron chi connectivity index (χ4n) is 3.36. The van der Waals surface area contributed by atoms with E-state index in [0.29, 0.717) is 17.0 Å². The van der Waals surface area contributed by atoms with Gasteiger partial charge >= 0.3 is 0 Å². The van der Waals surface area contributed by atoms with Crippen LogP contribution in [-0.4, -0.2) is 62.3 Å². The fraction of sp³-hybridized carbons (Fsp3) is 0.615. The van der Waals surface area contributed by atoms with Crippen LogP contribution in [0.15, 0.2) is 12.7 Å². The summed E-state index contributed by atoms with van der Waals surface area (Å²) in [5, 5.41) is 10.6. The summed E-state index contributed by atoms with van der Waals surface area (Å²) in [5.74, 6) is 0.299. The second kappa shape index (κ2) is 4.59. The van der Waals surface area contributed by atoms with Crippen LogP contribution in [0.25, 0.3) is 11.2 Å². The Hall–Kier alpha value is -1.81. The Morgan fingerprint density at radius 1 is 1.45 bits per heavy atom. The second-order valence-electron chi connectivity index (χ2n) is 5.67. The first-order valence-corrected chi connectivity index (χ1v) is 7.02. The van der Waals surface area contributed by atoms with Crippen LogP contribution in [0.4, 0.5) is 5.82 Å². The lowest BCUT2D eigenvalue weighted by atomic mass is 9.94. The molecule has 0 aromatic carbocycles. The average molecular weight is 307 g/mol. The Balaban J connectivity index is 1.77. The summed E-state index contributed by atoms with van der Waals surface area (Å²) in [7, 11) is 1.57. The molecule has 2 aliphatic rings. The van der Waals surface area contributed by atoms with Crippen molar-refractivity contribution in [1.82, 2.24) is 19.5 Å². The Morgan fingerprint density at radius 3 is 3.05 bits per heavy atom. The fourth-order valence-corrected chi connectivity index (χ4v) is 3.36. The lowest BCUT2D eigenvalue weighted by Crippen LogP contribution is -2.49. The van der Waals surface area contributed by atoms with Crippen molar-refractivity contribution < 1.29 is 19.3 Å². The predicted octanol–water partition coefficient (Wildman–Crippen LogP) is -0.529. The Morgan fingerprint density at radius 2 is 2.27 bits per heavy atom. The number of rotatable bonds is 3. The van der Waals surface area contributed by atoms with Crippen molar-refractivity contribution in [2.24, 2.45) is 0 Å². The number of anilines is 1. The van der Waals surface area contributed by atoms with Gasteiger partial charge in [0.2, 0.25) is 0 Å². The van der Waals surface area contributed by atoms with Crippen molar-refractivity contribution in [2.75, 3.05) is 19.5 Å². The zero-order valence-electron chi connectivity index (χ0n) is 12.2. The van der Waals surface area contributed by atoms with Gasteiger partial charge in [-0.3, -0.25) is 4.57 Å². The van der Waals surface area contributed by atoms with Gasteiger partial charge in [-0.05, 0) is 6.92 Å². The van der Waals surface area contributed by atoms with Gasteiger partial charge in [0.1, 0.15) is 29.7 Å². The van der Waals surface area contributed by atoms with E-state index in [1.54, 1.807) is 18.0 Å². The van der Waals surface area contributed by atoms with Gasteiger partial charge in [-0.15, -0.1) is 0 Å². The highest BCUT2D eigenvalue weighted by Gasteiger charge is 2.65. The largest absolute Gasteiger partial charge is 0.387 e. The smallest absolute Gasteiger partial charge is 0.167 e. The summed E-state index contributed by atoms with van der Waals surface area (Å²) >= 11 is 0. The van der Waals surface area contributed by atoms with Gasteiger partial charge in [-0.2, -0.15) is 0 Å². The molecule has 0 saturated carbocycles. The highest BCUT2D eigenvalue weighted by atomic mass is 16.7. The van der Waals surface area contributed by atoms with Gasteiger partial charge in [0, 0.05) is 7.11 Å². The molecule has 9 nitrogen and oxygen atoms in total. The normalized spacial score (nSPS) is 37.2. The van der Waals surface area contributed by atoms with Crippen LogP contribution < -0.4 is 5.73 Å². The van der Waals surface area contributed by atoms with Gasteiger partial charge in [-0.1, -0.05) is 0 Å². The molecule has 22 heavy (non-hydrogen) atoms. The van der Waals surface area contributed by atoms with Crippen LogP contribution in [-0.2, 0) is 14.2 Å². The van der Waals surface area contributed by atoms with E-state index in [1.165, 1.54) is 6.33 Å². The first-order chi connectivity index (χ1) is 10.6. The molecule has 118 valence electrons. The van der Waals surface area contributed by atoms with Crippen molar-refractivity contribution in [3.05, 3.63) is 12.7 Å². The minimum absolute atomic E-state index is 0.242. The maximum Gasteiger partial charge on any atom is 0.167 e. The SMILES string of the molecule is COC[C@@]12OC(n3cnc4c(N)ncnc43)C(OC1C)C2O. The standard InChI is InChI=1S/C13H17N5O4/c1-6-13(3-20-2)9(19)8(21-6)12(22-13)18-5-17-7-10(14)15-4-16-11(7)18/h4-6,8-9,12,19H,3H2,1-2H3,(H2,14,15,16)/t6?,8?,9?,12?,13-/m1/s1. The van der Waals surface area contributed by atoms with Crippen LogP contribution in [0.5, 0.6) is 0 Å². The lowest BCUT2D eigenvalue weighted by molar-refractivity contribution is -0.219. The first-order valence-electron chi connectivity index (χ1n) is 7.02. The van der Waals surface area contributed by atoms with Crippen molar-refractivity contribution in [1.29, 1.82) is 0 Å². The van der Waals surface area contributed by atoms with E-state index in [2.05, 4.69) is 15.0 Å². The molecule has 2 saturated heterocycles. The highest BCUT2D eigenvalue weighted by Crippen LogP contribution is 2.49. The number of nitrogens with two attached hydrogens (primary N) is 1. The molecule has 0 amide bonds. The summed E-state index contributed by atoms with van der Waals surface area (Å²) in [4.78, 5) is 12.3. The van der Waals surface area contributed by atoms with Crippen LogP contribution in [0.2, 0.25) is 0 Å². The number of nitrogen functional groups attached to an aromatic ring is 1. The van der Waals surface area contributed by atoms with Crippen LogP contribution in [0, 0.1) is 0 Å². The maximum absolute atomic E-state index is 10.6. The molecular weight excluding hydrogens is 290 g/mol. The van der Waals surface area contributed by atoms with Crippen LogP contribution in [0.1, 0.15) is 13.2 Å². The number of imidazole rings is 1. The van der Waals surface area contributed by atoms with E-state index < -0.39 is 24.0 Å². The number of hydrogen-bond donors (Lipinski definition) is 2. The number of aliphatic hydroxyl groups excluding tert-OH is 1. The van der Waals surface area contributed by atoms with E-state index in [9.17, 15) is 5.11 Å². The zero-order valence-corrected chi connectivity index (χ0v) is 12.2. The topological polar surface area (TPSA) is 118 Å². The van der Waals surface area contributed by atoms with Gasteiger partial charge in [0.05, 0.1) is 19.0 Å². The minimum Gasteiger partial charge on any atom is -0.387 e. The molecule has 4 unspecified atom stereocenters. The number of aromatic nitrogens is 4.